The number of thiophene rings is 1. The smallest absolute Gasteiger partial charge is 0.249 e. The van der Waals surface area contributed by atoms with E-state index in [1.807, 2.05) is 41.3 Å². The van der Waals surface area contributed by atoms with Crippen LogP contribution >= 0.6 is 22.9 Å². The fraction of sp³-hybridized carbons (Fsp3) is 0.190. The van der Waals surface area contributed by atoms with Crippen LogP contribution in [0.3, 0.4) is 0 Å². The van der Waals surface area contributed by atoms with Crippen LogP contribution in [0.1, 0.15) is 27.1 Å². The molecule has 0 saturated heterocycles. The van der Waals surface area contributed by atoms with E-state index in [0.717, 1.165) is 33.0 Å². The molecule has 3 heterocycles. The highest BCUT2D eigenvalue weighted by Crippen LogP contribution is 2.39. The maximum Gasteiger partial charge on any atom is 0.249 e. The van der Waals surface area contributed by atoms with E-state index >= 15 is 0 Å². The molecule has 1 aliphatic rings. The van der Waals surface area contributed by atoms with Crippen LogP contribution < -0.4 is 4.90 Å². The average Bonchev–Trinajstić information content (AvgIpc) is 2.88. The fourth-order valence-electron chi connectivity index (χ4n) is 3.20. The molecule has 0 aliphatic carbocycles. The molecule has 0 radical (unpaired) electrons. The molecule has 4 rings (SSSR count). The lowest BCUT2D eigenvalue weighted by Crippen LogP contribution is -2.31. The number of aryl methyl sites for hydroxylation is 1. The number of anilines is 1. The van der Waals surface area contributed by atoms with Crippen molar-refractivity contribution in [3.63, 3.8) is 0 Å². The Hall–Kier alpha value is -2.50. The SMILES string of the molecule is Cc1sc2c(c1C)C(c1cccc(Cl)c1)=NCC(=O)N2Cc1ccncc1. The number of aliphatic imine (C=N–C) groups is 1. The molecule has 0 N–H and O–H groups in total. The first-order chi connectivity index (χ1) is 13.0. The fourth-order valence-corrected chi connectivity index (χ4v) is 4.57. The Bertz CT molecular complexity index is 1040. The summed E-state index contributed by atoms with van der Waals surface area (Å²) in [6, 6.07) is 11.5. The molecule has 2 aromatic heterocycles. The van der Waals surface area contributed by atoms with Gasteiger partial charge in [0.1, 0.15) is 11.5 Å². The minimum atomic E-state index is -0.00802. The largest absolute Gasteiger partial charge is 0.297 e. The molecular weight excluding hydrogens is 378 g/mol. The summed E-state index contributed by atoms with van der Waals surface area (Å²) in [4.78, 5) is 24.7. The molecule has 0 spiro atoms. The van der Waals surface area contributed by atoms with E-state index in [0.29, 0.717) is 11.6 Å². The first-order valence-electron chi connectivity index (χ1n) is 8.64. The van der Waals surface area contributed by atoms with Crippen molar-refractivity contribution < 1.29 is 4.79 Å². The minimum absolute atomic E-state index is 0.00802. The molecule has 3 aromatic rings. The van der Waals surface area contributed by atoms with Crippen LogP contribution in [0.25, 0.3) is 0 Å². The van der Waals surface area contributed by atoms with Gasteiger partial charge in [-0.3, -0.25) is 19.7 Å². The second-order valence-corrected chi connectivity index (χ2v) is 8.11. The molecule has 1 aromatic carbocycles. The Morgan fingerprint density at radius 3 is 2.70 bits per heavy atom. The maximum absolute atomic E-state index is 12.9. The van der Waals surface area contributed by atoms with Crippen LogP contribution in [0.5, 0.6) is 0 Å². The van der Waals surface area contributed by atoms with E-state index in [1.54, 1.807) is 23.7 Å². The number of rotatable bonds is 3. The summed E-state index contributed by atoms with van der Waals surface area (Å²) >= 11 is 7.85. The van der Waals surface area contributed by atoms with Gasteiger partial charge in [0, 0.05) is 33.4 Å². The van der Waals surface area contributed by atoms with Crippen molar-refractivity contribution in [2.75, 3.05) is 11.4 Å². The summed E-state index contributed by atoms with van der Waals surface area (Å²) in [6.07, 6.45) is 3.49. The quantitative estimate of drug-likeness (QED) is 0.639. The number of pyridine rings is 1. The predicted molar refractivity (Wildman–Crippen MR) is 111 cm³/mol. The second-order valence-electron chi connectivity index (χ2n) is 6.47. The lowest BCUT2D eigenvalue weighted by atomic mass is 10.00. The number of hydrogen-bond donors (Lipinski definition) is 0. The summed E-state index contributed by atoms with van der Waals surface area (Å²) in [5, 5.41) is 1.61. The lowest BCUT2D eigenvalue weighted by molar-refractivity contribution is -0.117. The van der Waals surface area contributed by atoms with Gasteiger partial charge in [0.15, 0.2) is 0 Å². The molecule has 0 bridgehead atoms. The summed E-state index contributed by atoms with van der Waals surface area (Å²) in [5.74, 6) is -0.00802. The Balaban J connectivity index is 1.85. The Labute approximate surface area is 167 Å². The highest BCUT2D eigenvalue weighted by molar-refractivity contribution is 7.17. The zero-order valence-corrected chi connectivity index (χ0v) is 16.6. The molecule has 1 amide bonds. The molecule has 1 aliphatic heterocycles. The van der Waals surface area contributed by atoms with E-state index in [4.69, 9.17) is 11.6 Å². The van der Waals surface area contributed by atoms with Gasteiger partial charge in [-0.1, -0.05) is 23.7 Å². The predicted octanol–water partition coefficient (Wildman–Crippen LogP) is 4.80. The molecule has 0 unspecified atom stereocenters. The number of carbonyl (C=O) groups is 1. The van der Waals surface area contributed by atoms with E-state index in [9.17, 15) is 4.79 Å². The molecular formula is C21H18ClN3OS. The van der Waals surface area contributed by atoms with Gasteiger partial charge in [-0.25, -0.2) is 0 Å². The van der Waals surface area contributed by atoms with Gasteiger partial charge in [-0.2, -0.15) is 0 Å². The number of nitrogens with zero attached hydrogens (tertiary/aromatic N) is 3. The number of halogens is 1. The van der Waals surface area contributed by atoms with Gasteiger partial charge < -0.3 is 0 Å². The van der Waals surface area contributed by atoms with Crippen molar-refractivity contribution in [3.8, 4) is 0 Å². The van der Waals surface area contributed by atoms with Crippen molar-refractivity contribution >= 4 is 39.6 Å². The molecule has 4 nitrogen and oxygen atoms in total. The van der Waals surface area contributed by atoms with Crippen molar-refractivity contribution in [1.82, 2.24) is 4.98 Å². The molecule has 27 heavy (non-hydrogen) atoms. The van der Waals surface area contributed by atoms with Crippen LogP contribution in [0.15, 0.2) is 53.8 Å². The van der Waals surface area contributed by atoms with Gasteiger partial charge in [0.05, 0.1) is 12.3 Å². The van der Waals surface area contributed by atoms with Crippen LogP contribution in [-0.4, -0.2) is 23.1 Å². The van der Waals surface area contributed by atoms with Crippen LogP contribution in [0.2, 0.25) is 5.02 Å². The number of amides is 1. The normalized spacial score (nSPS) is 14.0. The second kappa shape index (κ2) is 7.25. The van der Waals surface area contributed by atoms with E-state index < -0.39 is 0 Å². The Morgan fingerprint density at radius 2 is 1.96 bits per heavy atom. The zero-order chi connectivity index (χ0) is 19.0. The molecule has 0 atom stereocenters. The zero-order valence-electron chi connectivity index (χ0n) is 15.1. The standard InChI is InChI=1S/C21H18ClN3OS/c1-13-14(2)27-21-19(13)20(16-4-3-5-17(22)10-16)24-11-18(26)25(21)12-15-6-8-23-9-7-15/h3-10H,11-12H2,1-2H3. The highest BCUT2D eigenvalue weighted by Gasteiger charge is 2.29. The summed E-state index contributed by atoms with van der Waals surface area (Å²) in [5.41, 5.74) is 4.99. The van der Waals surface area contributed by atoms with Gasteiger partial charge in [-0.15, -0.1) is 11.3 Å². The van der Waals surface area contributed by atoms with Crippen molar-refractivity contribution in [2.24, 2.45) is 4.99 Å². The minimum Gasteiger partial charge on any atom is -0.297 e. The van der Waals surface area contributed by atoms with Crippen molar-refractivity contribution in [2.45, 2.75) is 20.4 Å². The molecule has 6 heteroatoms. The summed E-state index contributed by atoms with van der Waals surface area (Å²) in [7, 11) is 0. The van der Waals surface area contributed by atoms with Crippen LogP contribution in [0, 0.1) is 13.8 Å². The van der Waals surface area contributed by atoms with E-state index in [2.05, 4.69) is 23.8 Å². The first-order valence-corrected chi connectivity index (χ1v) is 9.84. The first kappa shape index (κ1) is 17.9. The van der Waals surface area contributed by atoms with Crippen LogP contribution in [0.4, 0.5) is 5.00 Å². The van der Waals surface area contributed by atoms with Gasteiger partial charge in [-0.05, 0) is 49.2 Å². The number of hydrogen-bond acceptors (Lipinski definition) is 4. The van der Waals surface area contributed by atoms with Crippen molar-refractivity contribution in [3.05, 3.63) is 80.9 Å². The molecule has 0 saturated carbocycles. The Morgan fingerprint density at radius 1 is 1.19 bits per heavy atom. The molecule has 0 fully saturated rings. The molecule has 136 valence electrons. The van der Waals surface area contributed by atoms with Gasteiger partial charge >= 0.3 is 0 Å². The average molecular weight is 396 g/mol. The highest BCUT2D eigenvalue weighted by atomic mass is 35.5. The lowest BCUT2D eigenvalue weighted by Gasteiger charge is -2.20. The number of fused-ring (bicyclic) bond motifs is 1. The topological polar surface area (TPSA) is 45.6 Å². The Kier molecular flexibility index (Phi) is 4.81. The van der Waals surface area contributed by atoms with E-state index in [1.165, 1.54) is 4.88 Å². The van der Waals surface area contributed by atoms with Crippen molar-refractivity contribution in [1.29, 1.82) is 0 Å². The van der Waals surface area contributed by atoms with E-state index in [-0.39, 0.29) is 12.5 Å². The number of benzene rings is 1. The summed E-state index contributed by atoms with van der Waals surface area (Å²) in [6.45, 7) is 4.79. The van der Waals surface area contributed by atoms with Gasteiger partial charge in [0.25, 0.3) is 0 Å². The summed E-state index contributed by atoms with van der Waals surface area (Å²) < 4.78 is 0. The maximum atomic E-state index is 12.9. The third-order valence-electron chi connectivity index (χ3n) is 4.71. The number of carbonyl (C=O) groups excluding carboxylic acids is 1. The van der Waals surface area contributed by atoms with Gasteiger partial charge in [0.2, 0.25) is 5.91 Å². The third kappa shape index (κ3) is 3.40. The monoisotopic (exact) mass is 395 g/mol. The number of aromatic nitrogens is 1. The third-order valence-corrected chi connectivity index (χ3v) is 6.18. The van der Waals surface area contributed by atoms with Crippen LogP contribution in [-0.2, 0) is 11.3 Å².